The zero-order chi connectivity index (χ0) is 23.5. The summed E-state index contributed by atoms with van der Waals surface area (Å²) in [6.07, 6.45) is -0.0324. The van der Waals surface area contributed by atoms with E-state index in [4.69, 9.17) is 4.74 Å². The van der Waals surface area contributed by atoms with E-state index in [2.05, 4.69) is 65.7 Å². The highest BCUT2D eigenvalue weighted by Crippen LogP contribution is 2.34. The fourth-order valence-electron chi connectivity index (χ4n) is 4.70. The van der Waals surface area contributed by atoms with Gasteiger partial charge in [-0.05, 0) is 53.1 Å². The minimum atomic E-state index is -0.909. The zero-order valence-corrected chi connectivity index (χ0v) is 19.1. The summed E-state index contributed by atoms with van der Waals surface area (Å²) in [6, 6.07) is 30.2. The Kier molecular flexibility index (Phi) is 6.19. The van der Waals surface area contributed by atoms with Gasteiger partial charge in [0.2, 0.25) is 0 Å². The number of benzene rings is 4. The number of hydrogen-bond acceptors (Lipinski definition) is 4. The Morgan fingerprint density at radius 2 is 1.79 bits per heavy atom. The van der Waals surface area contributed by atoms with E-state index in [0.717, 1.165) is 17.0 Å². The topological polar surface area (TPSA) is 61.8 Å². The molecule has 0 spiro atoms. The number of para-hydroxylation sites is 2. The van der Waals surface area contributed by atoms with E-state index < -0.39 is 5.97 Å². The highest BCUT2D eigenvalue weighted by molar-refractivity contribution is 5.88. The number of nitrogens with zero attached hydrogens (tertiary/aromatic N) is 1. The number of nitrogens with one attached hydrogen (secondary N) is 1. The quantitative estimate of drug-likeness (QED) is 0.379. The van der Waals surface area contributed by atoms with Crippen LogP contribution in [0.1, 0.15) is 34.5 Å². The van der Waals surface area contributed by atoms with Crippen LogP contribution in [0, 0.1) is 0 Å². The largest absolute Gasteiger partial charge is 0.485 e. The van der Waals surface area contributed by atoms with Crippen LogP contribution < -0.4 is 15.0 Å². The molecule has 5 heteroatoms. The van der Waals surface area contributed by atoms with Gasteiger partial charge in [0.15, 0.2) is 0 Å². The molecule has 2 N–H and O–H groups in total. The summed E-state index contributed by atoms with van der Waals surface area (Å²) >= 11 is 0. The third-order valence-corrected chi connectivity index (χ3v) is 6.41. The van der Waals surface area contributed by atoms with E-state index in [-0.39, 0.29) is 12.1 Å². The first-order valence-corrected chi connectivity index (χ1v) is 11.6. The highest BCUT2D eigenvalue weighted by Gasteiger charge is 2.26. The number of aromatic carboxylic acids is 1. The van der Waals surface area contributed by atoms with Gasteiger partial charge < -0.3 is 20.1 Å². The molecule has 5 nitrogen and oxygen atoms in total. The Labute approximate surface area is 199 Å². The molecule has 1 heterocycles. The van der Waals surface area contributed by atoms with Crippen molar-refractivity contribution < 1.29 is 14.6 Å². The van der Waals surface area contributed by atoms with Crippen LogP contribution in [0.25, 0.3) is 10.8 Å². The van der Waals surface area contributed by atoms with Crippen LogP contribution in [0.2, 0.25) is 0 Å². The lowest BCUT2D eigenvalue weighted by molar-refractivity contribution is 0.0696. The summed E-state index contributed by atoms with van der Waals surface area (Å²) in [4.78, 5) is 13.7. The fraction of sp³-hybridized carbons (Fsp3) is 0.207. The van der Waals surface area contributed by atoms with Crippen LogP contribution in [0.5, 0.6) is 5.75 Å². The Balaban J connectivity index is 1.32. The summed E-state index contributed by atoms with van der Waals surface area (Å²) in [6.45, 7) is 4.22. The fourth-order valence-corrected chi connectivity index (χ4v) is 4.70. The van der Waals surface area contributed by atoms with Crippen molar-refractivity contribution in [2.75, 3.05) is 18.0 Å². The van der Waals surface area contributed by atoms with E-state index in [9.17, 15) is 9.90 Å². The lowest BCUT2D eigenvalue weighted by Gasteiger charge is -2.37. The molecule has 2 atom stereocenters. The maximum atomic E-state index is 11.4. The summed E-state index contributed by atoms with van der Waals surface area (Å²) in [5, 5.41) is 15.5. The number of ether oxygens (including phenoxy) is 1. The third kappa shape index (κ3) is 4.61. The van der Waals surface area contributed by atoms with Crippen molar-refractivity contribution in [3.8, 4) is 5.75 Å². The molecule has 1 aliphatic rings. The molecule has 0 saturated carbocycles. The summed E-state index contributed by atoms with van der Waals surface area (Å²) in [5.74, 6) is -0.0542. The average molecular weight is 453 g/mol. The number of anilines is 1. The van der Waals surface area contributed by atoms with Crippen LogP contribution in [-0.4, -0.2) is 30.3 Å². The number of fused-ring (bicyclic) bond motifs is 2. The van der Waals surface area contributed by atoms with Gasteiger partial charge in [0.25, 0.3) is 0 Å². The molecule has 2 unspecified atom stereocenters. The first-order valence-electron chi connectivity index (χ1n) is 11.6. The molecule has 0 aromatic heterocycles. The van der Waals surface area contributed by atoms with Gasteiger partial charge in [-0.3, -0.25) is 0 Å². The molecule has 4 aromatic carbocycles. The van der Waals surface area contributed by atoms with Crippen molar-refractivity contribution in [1.82, 2.24) is 5.32 Å². The van der Waals surface area contributed by atoms with Crippen LogP contribution in [0.3, 0.4) is 0 Å². The predicted octanol–water partition coefficient (Wildman–Crippen LogP) is 5.66. The maximum Gasteiger partial charge on any atom is 0.335 e. The van der Waals surface area contributed by atoms with Crippen LogP contribution in [-0.2, 0) is 6.54 Å². The van der Waals surface area contributed by atoms with E-state index in [1.807, 2.05) is 24.3 Å². The van der Waals surface area contributed by atoms with Crippen molar-refractivity contribution in [2.24, 2.45) is 0 Å². The van der Waals surface area contributed by atoms with Crippen molar-refractivity contribution in [3.05, 3.63) is 108 Å². The lowest BCUT2D eigenvalue weighted by Crippen LogP contribution is -2.45. The van der Waals surface area contributed by atoms with Crippen molar-refractivity contribution in [1.29, 1.82) is 0 Å². The molecule has 4 aromatic rings. The van der Waals surface area contributed by atoms with Crippen LogP contribution in [0.4, 0.5) is 5.69 Å². The second kappa shape index (κ2) is 9.57. The number of rotatable bonds is 7. The van der Waals surface area contributed by atoms with Crippen molar-refractivity contribution >= 4 is 22.4 Å². The van der Waals surface area contributed by atoms with E-state index in [1.165, 1.54) is 16.3 Å². The number of carboxylic acid groups (broad SMARTS) is 1. The first-order chi connectivity index (χ1) is 16.6. The van der Waals surface area contributed by atoms with E-state index in [1.54, 1.807) is 18.2 Å². The molecular weight excluding hydrogens is 424 g/mol. The van der Waals surface area contributed by atoms with Crippen molar-refractivity contribution in [2.45, 2.75) is 25.6 Å². The zero-order valence-electron chi connectivity index (χ0n) is 19.1. The highest BCUT2D eigenvalue weighted by atomic mass is 16.5. The maximum absolute atomic E-state index is 11.4. The molecule has 0 bridgehead atoms. The first kappa shape index (κ1) is 22.0. The number of carbonyl (C=O) groups is 1. The summed E-state index contributed by atoms with van der Waals surface area (Å²) < 4.78 is 6.34. The van der Waals surface area contributed by atoms with Gasteiger partial charge in [-0.25, -0.2) is 4.79 Å². The predicted molar refractivity (Wildman–Crippen MR) is 136 cm³/mol. The van der Waals surface area contributed by atoms with Gasteiger partial charge in [-0.1, -0.05) is 66.7 Å². The van der Waals surface area contributed by atoms with Gasteiger partial charge in [0.05, 0.1) is 17.8 Å². The lowest BCUT2D eigenvalue weighted by atomic mass is 9.99. The van der Waals surface area contributed by atoms with Gasteiger partial charge in [0.1, 0.15) is 11.9 Å². The molecular formula is C29H28N2O3. The monoisotopic (exact) mass is 452 g/mol. The van der Waals surface area contributed by atoms with Gasteiger partial charge >= 0.3 is 5.97 Å². The van der Waals surface area contributed by atoms with Crippen molar-refractivity contribution in [3.63, 3.8) is 0 Å². The van der Waals surface area contributed by atoms with Gasteiger partial charge in [-0.15, -0.1) is 0 Å². The Morgan fingerprint density at radius 3 is 2.68 bits per heavy atom. The Hall–Kier alpha value is -3.83. The van der Waals surface area contributed by atoms with Gasteiger partial charge in [0, 0.05) is 19.1 Å². The molecule has 0 amide bonds. The number of hydrogen-bond donors (Lipinski definition) is 2. The molecule has 1 aliphatic heterocycles. The van der Waals surface area contributed by atoms with Gasteiger partial charge in [-0.2, -0.15) is 0 Å². The minimum Gasteiger partial charge on any atom is -0.485 e. The molecule has 0 saturated heterocycles. The standard InChI is InChI=1S/C29H28N2O3/c1-20(25-13-7-10-22-9-2-3-12-26(22)25)30-17-24-19-31(27-14-4-5-15-28(27)34-24)18-21-8-6-11-23(16-21)29(32)33/h2-16,20,24,30H,17-19H2,1H3,(H,32,33). The molecule has 0 aliphatic carbocycles. The van der Waals surface area contributed by atoms with Crippen LogP contribution in [0.15, 0.2) is 91.0 Å². The van der Waals surface area contributed by atoms with Crippen LogP contribution >= 0.6 is 0 Å². The molecule has 172 valence electrons. The SMILES string of the molecule is CC(NCC1CN(Cc2cccc(C(=O)O)c2)c2ccccc2O1)c1cccc2ccccc12. The van der Waals surface area contributed by atoms with E-state index >= 15 is 0 Å². The van der Waals surface area contributed by atoms with E-state index in [0.29, 0.717) is 25.2 Å². The Bertz CT molecular complexity index is 1310. The average Bonchev–Trinajstić information content (AvgIpc) is 2.87. The minimum absolute atomic E-state index is 0.0324. The molecule has 5 rings (SSSR count). The molecule has 34 heavy (non-hydrogen) atoms. The second-order valence-corrected chi connectivity index (χ2v) is 8.79. The summed E-state index contributed by atoms with van der Waals surface area (Å²) in [5.41, 5.74) is 3.58. The third-order valence-electron chi connectivity index (χ3n) is 6.41. The summed E-state index contributed by atoms with van der Waals surface area (Å²) in [7, 11) is 0. The smallest absolute Gasteiger partial charge is 0.335 e. The molecule has 0 fully saturated rings. The second-order valence-electron chi connectivity index (χ2n) is 8.79. The number of carboxylic acids is 1. The normalized spacial score (nSPS) is 16.0. The Morgan fingerprint density at radius 1 is 1.03 bits per heavy atom. The molecule has 0 radical (unpaired) electrons.